The molecule has 2 rings (SSSR count). The van der Waals surface area contributed by atoms with Crippen LogP contribution in [0.5, 0.6) is 0 Å². The van der Waals surface area contributed by atoms with E-state index in [-0.39, 0.29) is 16.5 Å². The molecule has 8 heteroatoms. The molecule has 1 heterocycles. The van der Waals surface area contributed by atoms with Crippen LogP contribution >= 0.6 is 27.3 Å². The second kappa shape index (κ2) is 6.59. The third-order valence-electron chi connectivity index (χ3n) is 2.41. The van der Waals surface area contributed by atoms with Crippen LogP contribution < -0.4 is 5.11 Å². The van der Waals surface area contributed by atoms with Gasteiger partial charge in [0, 0.05) is 0 Å². The van der Waals surface area contributed by atoms with Crippen molar-refractivity contribution in [2.75, 3.05) is 6.61 Å². The molecule has 0 saturated carbocycles. The summed E-state index contributed by atoms with van der Waals surface area (Å²) in [5.74, 6) is -0.450. The molecule has 0 amide bonds. The van der Waals surface area contributed by atoms with Crippen molar-refractivity contribution in [3.63, 3.8) is 0 Å². The largest absolute Gasteiger partial charge is 0.613 e. The molecule has 1 aliphatic carbocycles. The number of rotatable bonds is 4. The van der Waals surface area contributed by atoms with E-state index in [1.165, 1.54) is 30.4 Å². The first-order chi connectivity index (χ1) is 9.92. The number of hydrogen-bond donors (Lipinski definition) is 0. The molecule has 5 nitrogen and oxygen atoms in total. The fourth-order valence-electron chi connectivity index (χ4n) is 1.49. The van der Waals surface area contributed by atoms with Gasteiger partial charge in [-0.05, 0) is 52.4 Å². The average molecular weight is 389 g/mol. The molecule has 112 valence electrons. The van der Waals surface area contributed by atoms with Crippen LogP contribution in [-0.2, 0) is 14.8 Å². The Morgan fingerprint density at radius 2 is 2.00 bits per heavy atom. The van der Waals surface area contributed by atoms with Crippen molar-refractivity contribution in [2.45, 2.75) is 11.1 Å². The molecule has 0 unspecified atom stereocenters. The Morgan fingerprint density at radius 1 is 1.33 bits per heavy atom. The van der Waals surface area contributed by atoms with E-state index in [9.17, 15) is 13.5 Å². The molecule has 21 heavy (non-hydrogen) atoms. The third-order valence-corrected chi connectivity index (χ3v) is 5.80. The quantitative estimate of drug-likeness (QED) is 0.741. The number of hydrogen-bond acceptors (Lipinski definition) is 5. The monoisotopic (exact) mass is 388 g/mol. The highest BCUT2D eigenvalue weighted by Gasteiger charge is 2.16. The van der Waals surface area contributed by atoms with Crippen LogP contribution in [0.2, 0.25) is 0 Å². The summed E-state index contributed by atoms with van der Waals surface area (Å²) in [4.78, 5) is 0. The molecule has 0 saturated heterocycles. The Labute approximate surface area is 135 Å². The van der Waals surface area contributed by atoms with Gasteiger partial charge >= 0.3 is 0 Å². The van der Waals surface area contributed by atoms with E-state index in [2.05, 4.69) is 20.3 Å². The average Bonchev–Trinajstić information content (AvgIpc) is 2.87. The molecule has 1 aliphatic rings. The molecule has 1 aromatic rings. The number of halogens is 1. The lowest BCUT2D eigenvalue weighted by Crippen LogP contribution is -2.11. The first kappa shape index (κ1) is 16.0. The zero-order chi connectivity index (χ0) is 15.5. The van der Waals surface area contributed by atoms with E-state index in [4.69, 9.17) is 4.74 Å². The van der Waals surface area contributed by atoms with Crippen molar-refractivity contribution in [3.05, 3.63) is 51.7 Å². The number of thiophene rings is 1. The van der Waals surface area contributed by atoms with Crippen LogP contribution in [0.4, 0.5) is 0 Å². The van der Waals surface area contributed by atoms with Gasteiger partial charge < -0.3 is 9.84 Å². The Balaban J connectivity index is 2.24. The summed E-state index contributed by atoms with van der Waals surface area (Å²) < 4.78 is 33.6. The molecule has 0 aromatic carbocycles. The predicted molar refractivity (Wildman–Crippen MR) is 83.6 cm³/mol. The van der Waals surface area contributed by atoms with Crippen molar-refractivity contribution in [1.29, 1.82) is 0 Å². The molecule has 0 bridgehead atoms. The van der Waals surface area contributed by atoms with Gasteiger partial charge in [-0.2, -0.15) is 12.8 Å². The zero-order valence-electron chi connectivity index (χ0n) is 10.9. The van der Waals surface area contributed by atoms with Gasteiger partial charge in [0.25, 0.3) is 10.0 Å². The smallest absolute Gasteiger partial charge is 0.292 e. The lowest BCUT2D eigenvalue weighted by Gasteiger charge is -2.16. The second-order valence-electron chi connectivity index (χ2n) is 3.89. The first-order valence-electron chi connectivity index (χ1n) is 5.93. The number of allylic oxidation sites excluding steroid dienone is 5. The summed E-state index contributed by atoms with van der Waals surface area (Å²) in [7, 11) is -3.74. The molecule has 1 aromatic heterocycles. The molecule has 0 N–H and O–H groups in total. The summed E-state index contributed by atoms with van der Waals surface area (Å²) >= 11 is 4.30. The lowest BCUT2D eigenvalue weighted by molar-refractivity contribution is -0.357. The first-order valence-corrected chi connectivity index (χ1v) is 8.98. The molecule has 0 spiro atoms. The van der Waals surface area contributed by atoms with Crippen LogP contribution in [0.15, 0.2) is 60.3 Å². The highest BCUT2D eigenvalue weighted by molar-refractivity contribution is 9.11. The van der Waals surface area contributed by atoms with E-state index in [1.54, 1.807) is 13.0 Å². The van der Waals surface area contributed by atoms with E-state index >= 15 is 0 Å². The van der Waals surface area contributed by atoms with Crippen molar-refractivity contribution in [2.24, 2.45) is 4.40 Å². The molecule has 0 atom stereocenters. The highest BCUT2D eigenvalue weighted by Crippen LogP contribution is 2.27. The molecule has 0 aliphatic heterocycles. The Hall–Kier alpha value is -1.38. The summed E-state index contributed by atoms with van der Waals surface area (Å²) in [6.45, 7) is 2.00. The Bertz CT molecular complexity index is 739. The summed E-state index contributed by atoms with van der Waals surface area (Å²) in [5, 5.41) is 11.5. The topological polar surface area (TPSA) is 78.8 Å². The van der Waals surface area contributed by atoms with Gasteiger partial charge in [0.1, 0.15) is 4.21 Å². The van der Waals surface area contributed by atoms with Crippen LogP contribution in [0.1, 0.15) is 6.92 Å². The molecular weight excluding hydrogens is 378 g/mol. The maximum absolute atomic E-state index is 12.1. The summed E-state index contributed by atoms with van der Waals surface area (Å²) in [5.41, 5.74) is 0.611. The fourth-order valence-corrected chi connectivity index (χ4v) is 4.47. The Kier molecular flexibility index (Phi) is 5.02. The second-order valence-corrected chi connectivity index (χ2v) is 8.19. The molecular formula is C13H11BrNO4S2-. The van der Waals surface area contributed by atoms with Crippen molar-refractivity contribution >= 4 is 43.0 Å². The van der Waals surface area contributed by atoms with Crippen molar-refractivity contribution < 1.29 is 18.3 Å². The SMILES string of the molecule is CCOC([O-])=C1C=CC(=NS(=O)(=O)c2ccc(Br)s2)C=C1. The van der Waals surface area contributed by atoms with Crippen molar-refractivity contribution in [3.8, 4) is 0 Å². The van der Waals surface area contributed by atoms with E-state index in [1.807, 2.05) is 0 Å². The summed E-state index contributed by atoms with van der Waals surface area (Å²) in [6, 6.07) is 3.14. The minimum atomic E-state index is -3.74. The Morgan fingerprint density at radius 3 is 2.52 bits per heavy atom. The lowest BCUT2D eigenvalue weighted by atomic mass is 10.1. The molecule has 0 radical (unpaired) electrons. The van der Waals surface area contributed by atoms with E-state index in [0.29, 0.717) is 9.36 Å². The normalized spacial score (nSPS) is 14.4. The van der Waals surface area contributed by atoms with Gasteiger partial charge in [0.05, 0.1) is 15.4 Å². The van der Waals surface area contributed by atoms with Gasteiger partial charge in [0.2, 0.25) is 0 Å². The molecule has 0 fully saturated rings. The summed E-state index contributed by atoms with van der Waals surface area (Å²) in [6.07, 6.45) is 5.90. The van der Waals surface area contributed by atoms with Crippen LogP contribution in [0.25, 0.3) is 0 Å². The standard InChI is InChI=1S/C13H12BrNO4S2/c1-2-19-13(16)9-3-5-10(6-4-9)15-21(17,18)12-8-7-11(14)20-12/h3-8,16H,2H2,1H3/p-1. The highest BCUT2D eigenvalue weighted by atomic mass is 79.9. The van der Waals surface area contributed by atoms with Gasteiger partial charge in [-0.3, -0.25) is 0 Å². The van der Waals surface area contributed by atoms with Gasteiger partial charge in [-0.25, -0.2) is 0 Å². The minimum Gasteiger partial charge on any atom is -0.613 e. The third kappa shape index (κ3) is 4.05. The van der Waals surface area contributed by atoms with E-state index < -0.39 is 16.0 Å². The zero-order valence-corrected chi connectivity index (χ0v) is 14.2. The fraction of sp³-hybridized carbons (Fsp3) is 0.154. The maximum Gasteiger partial charge on any atom is 0.292 e. The van der Waals surface area contributed by atoms with Crippen LogP contribution in [0, 0.1) is 0 Å². The maximum atomic E-state index is 12.1. The van der Waals surface area contributed by atoms with Gasteiger partial charge in [-0.1, -0.05) is 19.1 Å². The van der Waals surface area contributed by atoms with Gasteiger partial charge in [-0.15, -0.1) is 11.3 Å². The van der Waals surface area contributed by atoms with Gasteiger partial charge in [0.15, 0.2) is 0 Å². The minimum absolute atomic E-state index is 0.156. The van der Waals surface area contributed by atoms with Crippen molar-refractivity contribution in [1.82, 2.24) is 0 Å². The number of nitrogens with zero attached hydrogens (tertiary/aromatic N) is 1. The number of ether oxygens (including phenoxy) is 1. The van der Waals surface area contributed by atoms with Crippen LogP contribution in [0.3, 0.4) is 0 Å². The van der Waals surface area contributed by atoms with Crippen LogP contribution in [-0.4, -0.2) is 20.7 Å². The van der Waals surface area contributed by atoms with E-state index in [0.717, 1.165) is 11.3 Å². The predicted octanol–water partition coefficient (Wildman–Crippen LogP) is 2.37. The number of sulfonamides is 1.